The van der Waals surface area contributed by atoms with Gasteiger partial charge in [-0.05, 0) is 52.3 Å². The van der Waals surface area contributed by atoms with E-state index in [1.54, 1.807) is 39.8 Å². The lowest BCUT2D eigenvalue weighted by molar-refractivity contribution is 0.102. The lowest BCUT2D eigenvalue weighted by Crippen LogP contribution is -2.40. The number of aryl methyl sites for hydroxylation is 2. The summed E-state index contributed by atoms with van der Waals surface area (Å²) in [4.78, 5) is 12.6. The van der Waals surface area contributed by atoms with Crippen molar-refractivity contribution in [3.8, 4) is 0 Å². The maximum atomic E-state index is 12.5. The fourth-order valence-electron chi connectivity index (χ4n) is 2.35. The normalized spacial score (nSPS) is 12.2. The van der Waals surface area contributed by atoms with Crippen molar-refractivity contribution in [3.63, 3.8) is 0 Å². The molecule has 7 nitrogen and oxygen atoms in total. The number of carbonyl (C=O) groups is 1. The highest BCUT2D eigenvalue weighted by molar-refractivity contribution is 7.89. The highest BCUT2D eigenvalue weighted by atomic mass is 32.2. The summed E-state index contributed by atoms with van der Waals surface area (Å²) < 4.78 is 32.5. The smallest absolute Gasteiger partial charge is 0.261 e. The van der Waals surface area contributed by atoms with Crippen LogP contribution in [-0.4, -0.2) is 25.0 Å². The molecule has 8 heteroatoms. The Kier molecular flexibility index (Phi) is 5.34. The van der Waals surface area contributed by atoms with E-state index in [4.69, 9.17) is 4.52 Å². The van der Waals surface area contributed by atoms with E-state index in [9.17, 15) is 13.2 Å². The second-order valence-corrected chi connectivity index (χ2v) is 8.43. The Balaban J connectivity index is 2.28. The summed E-state index contributed by atoms with van der Waals surface area (Å²) in [5.74, 6) is 0.0430. The first kappa shape index (κ1) is 19.1. The molecule has 2 N–H and O–H groups in total. The van der Waals surface area contributed by atoms with E-state index in [0.717, 1.165) is 0 Å². The number of rotatable bonds is 5. The second kappa shape index (κ2) is 6.97. The van der Waals surface area contributed by atoms with Gasteiger partial charge in [0.05, 0.1) is 10.6 Å². The Bertz CT molecular complexity index is 880. The van der Waals surface area contributed by atoms with Gasteiger partial charge in [0.25, 0.3) is 5.91 Å². The Morgan fingerprint density at radius 1 is 1.28 bits per heavy atom. The van der Waals surface area contributed by atoms with Gasteiger partial charge in [0.2, 0.25) is 10.0 Å². The van der Waals surface area contributed by atoms with Crippen molar-refractivity contribution in [2.24, 2.45) is 0 Å². The van der Waals surface area contributed by atoms with Crippen molar-refractivity contribution in [1.29, 1.82) is 0 Å². The first-order chi connectivity index (χ1) is 11.5. The average Bonchev–Trinajstić information content (AvgIpc) is 2.86. The van der Waals surface area contributed by atoms with Crippen LogP contribution >= 0.6 is 0 Å². The molecule has 1 aromatic heterocycles. The van der Waals surface area contributed by atoms with Crippen LogP contribution in [0.25, 0.3) is 0 Å². The molecular formula is C17H23N3O4S. The number of aromatic nitrogens is 1. The fraction of sp³-hybridized carbons (Fsp3) is 0.412. The molecule has 25 heavy (non-hydrogen) atoms. The number of nitrogens with one attached hydrogen (secondary N) is 2. The molecule has 0 aliphatic carbocycles. The van der Waals surface area contributed by atoms with E-state index >= 15 is 0 Å². The Morgan fingerprint density at radius 3 is 2.56 bits per heavy atom. The summed E-state index contributed by atoms with van der Waals surface area (Å²) in [5.41, 5.74) is 0.717. The van der Waals surface area contributed by atoms with Crippen LogP contribution in [-0.2, 0) is 16.4 Å². The van der Waals surface area contributed by atoms with Crippen molar-refractivity contribution >= 4 is 21.6 Å². The lowest BCUT2D eigenvalue weighted by atomic mass is 10.1. The van der Waals surface area contributed by atoms with E-state index in [-0.39, 0.29) is 10.8 Å². The van der Waals surface area contributed by atoms with E-state index in [1.807, 2.05) is 6.92 Å². The number of benzene rings is 1. The molecule has 0 radical (unpaired) electrons. The maximum Gasteiger partial charge on any atom is 0.261 e. The van der Waals surface area contributed by atoms with Crippen LogP contribution in [0.4, 0.5) is 5.69 Å². The Hall–Kier alpha value is -2.19. The van der Waals surface area contributed by atoms with Crippen molar-refractivity contribution in [3.05, 3.63) is 41.3 Å². The van der Waals surface area contributed by atoms with Gasteiger partial charge in [-0.1, -0.05) is 18.1 Å². The predicted octanol–water partition coefficient (Wildman–Crippen LogP) is 2.87. The standard InChI is InChI=1S/C17H23N3O4S/c1-6-14-15(11(2)24-19-14)16(21)18-12-8-7-9-13(10-12)25(22,23)20-17(3,4)5/h7-10,20H,6H2,1-5H3,(H,18,21). The van der Waals surface area contributed by atoms with Crippen molar-refractivity contribution in [1.82, 2.24) is 9.88 Å². The SMILES string of the molecule is CCc1noc(C)c1C(=O)Nc1cccc(S(=O)(=O)NC(C)(C)C)c1. The zero-order chi connectivity index (χ0) is 18.8. The van der Waals surface area contributed by atoms with E-state index in [1.165, 1.54) is 12.1 Å². The number of anilines is 1. The third-order valence-electron chi connectivity index (χ3n) is 3.34. The molecule has 0 spiro atoms. The monoisotopic (exact) mass is 365 g/mol. The third-order valence-corrected chi connectivity index (χ3v) is 5.09. The molecule has 0 unspecified atom stereocenters. The number of amides is 1. The maximum absolute atomic E-state index is 12.5. The number of hydrogen-bond acceptors (Lipinski definition) is 5. The molecule has 1 heterocycles. The van der Waals surface area contributed by atoms with Gasteiger partial charge in [-0.25, -0.2) is 13.1 Å². The van der Waals surface area contributed by atoms with Gasteiger partial charge in [0.15, 0.2) is 0 Å². The number of nitrogens with zero attached hydrogens (tertiary/aromatic N) is 1. The molecule has 2 rings (SSSR count). The molecular weight excluding hydrogens is 342 g/mol. The summed E-state index contributed by atoms with van der Waals surface area (Å²) in [6, 6.07) is 6.10. The van der Waals surface area contributed by atoms with Crippen molar-refractivity contribution in [2.45, 2.75) is 51.5 Å². The van der Waals surface area contributed by atoms with Crippen LogP contribution in [0.1, 0.15) is 49.5 Å². The average molecular weight is 365 g/mol. The van der Waals surface area contributed by atoms with Crippen LogP contribution < -0.4 is 10.0 Å². The minimum Gasteiger partial charge on any atom is -0.361 e. The first-order valence-electron chi connectivity index (χ1n) is 7.94. The highest BCUT2D eigenvalue weighted by Crippen LogP contribution is 2.20. The van der Waals surface area contributed by atoms with Gasteiger partial charge < -0.3 is 9.84 Å². The molecule has 0 saturated carbocycles. The predicted molar refractivity (Wildman–Crippen MR) is 95.1 cm³/mol. The molecule has 1 amide bonds. The largest absolute Gasteiger partial charge is 0.361 e. The molecule has 0 fully saturated rings. The zero-order valence-corrected chi connectivity index (χ0v) is 15.8. The van der Waals surface area contributed by atoms with Crippen molar-refractivity contribution in [2.75, 3.05) is 5.32 Å². The molecule has 1 aromatic carbocycles. The van der Waals surface area contributed by atoms with Gasteiger partial charge >= 0.3 is 0 Å². The molecule has 136 valence electrons. The molecule has 0 atom stereocenters. The summed E-state index contributed by atoms with van der Waals surface area (Å²) in [7, 11) is -3.68. The summed E-state index contributed by atoms with van der Waals surface area (Å²) in [6.45, 7) is 8.82. The van der Waals surface area contributed by atoms with Crippen LogP contribution in [0.2, 0.25) is 0 Å². The minimum absolute atomic E-state index is 0.0815. The Labute approximate surface area is 147 Å². The van der Waals surface area contributed by atoms with Crippen LogP contribution in [0.15, 0.2) is 33.7 Å². The minimum atomic E-state index is -3.68. The quantitative estimate of drug-likeness (QED) is 0.848. The number of carbonyl (C=O) groups excluding carboxylic acids is 1. The second-order valence-electron chi connectivity index (χ2n) is 6.75. The van der Waals surface area contributed by atoms with E-state index < -0.39 is 15.6 Å². The summed E-state index contributed by atoms with van der Waals surface area (Å²) in [5, 5.41) is 6.56. The van der Waals surface area contributed by atoms with Gasteiger partial charge in [0.1, 0.15) is 11.3 Å². The molecule has 0 aliphatic rings. The van der Waals surface area contributed by atoms with Crippen molar-refractivity contribution < 1.29 is 17.7 Å². The van der Waals surface area contributed by atoms with Gasteiger partial charge in [0, 0.05) is 11.2 Å². The summed E-state index contributed by atoms with van der Waals surface area (Å²) >= 11 is 0. The fourth-order valence-corrected chi connectivity index (χ4v) is 3.81. The van der Waals surface area contributed by atoms with Gasteiger partial charge in [-0.3, -0.25) is 4.79 Å². The number of hydrogen-bond donors (Lipinski definition) is 2. The highest BCUT2D eigenvalue weighted by Gasteiger charge is 2.23. The van der Waals surface area contributed by atoms with E-state index in [2.05, 4.69) is 15.2 Å². The zero-order valence-electron chi connectivity index (χ0n) is 15.0. The lowest BCUT2D eigenvalue weighted by Gasteiger charge is -2.20. The van der Waals surface area contributed by atoms with E-state index in [0.29, 0.717) is 29.1 Å². The molecule has 0 saturated heterocycles. The van der Waals surface area contributed by atoms with Crippen LogP contribution in [0, 0.1) is 6.92 Å². The molecule has 0 bridgehead atoms. The topological polar surface area (TPSA) is 101 Å². The van der Waals surface area contributed by atoms with Gasteiger partial charge in [-0.2, -0.15) is 0 Å². The number of sulfonamides is 1. The first-order valence-corrected chi connectivity index (χ1v) is 9.42. The molecule has 2 aromatic rings. The third kappa shape index (κ3) is 4.67. The van der Waals surface area contributed by atoms with Crippen LogP contribution in [0.5, 0.6) is 0 Å². The summed E-state index contributed by atoms with van der Waals surface area (Å²) in [6.07, 6.45) is 0.560. The molecule has 0 aliphatic heterocycles. The van der Waals surface area contributed by atoms with Gasteiger partial charge in [-0.15, -0.1) is 0 Å². The Morgan fingerprint density at radius 2 is 1.96 bits per heavy atom. The van der Waals surface area contributed by atoms with Crippen LogP contribution in [0.3, 0.4) is 0 Å².